The van der Waals surface area contributed by atoms with Crippen molar-refractivity contribution in [2.45, 2.75) is 33.7 Å². The van der Waals surface area contributed by atoms with Crippen LogP contribution >= 0.6 is 0 Å². The first-order valence-electron chi connectivity index (χ1n) is 8.26. The lowest BCUT2D eigenvalue weighted by Gasteiger charge is -2.26. The zero-order valence-electron chi connectivity index (χ0n) is 15.2. The quantitative estimate of drug-likeness (QED) is 0.775. The fraction of sp³-hybridized carbons (Fsp3) is 0.421. The molecule has 1 heterocycles. The first kappa shape index (κ1) is 18.7. The topological polar surface area (TPSA) is 73.4 Å². The molecule has 6 nitrogen and oxygen atoms in total. The number of nitriles is 1. The van der Waals surface area contributed by atoms with Gasteiger partial charge in [0.25, 0.3) is 0 Å². The van der Waals surface area contributed by atoms with Crippen LogP contribution in [-0.4, -0.2) is 36.1 Å². The molecule has 0 saturated heterocycles. The van der Waals surface area contributed by atoms with Gasteiger partial charge in [-0.3, -0.25) is 9.69 Å². The molecule has 1 aromatic carbocycles. The van der Waals surface area contributed by atoms with Crippen molar-refractivity contribution in [1.29, 1.82) is 5.26 Å². The van der Waals surface area contributed by atoms with E-state index in [2.05, 4.69) is 11.2 Å². The monoisotopic (exact) mass is 340 g/mol. The number of nitrogens with zero attached hydrogens (tertiary/aromatic N) is 4. The predicted molar refractivity (Wildman–Crippen MR) is 96.1 cm³/mol. The van der Waals surface area contributed by atoms with E-state index in [0.29, 0.717) is 19.5 Å². The van der Waals surface area contributed by atoms with E-state index in [1.807, 2.05) is 57.0 Å². The summed E-state index contributed by atoms with van der Waals surface area (Å²) in [5.41, 5.74) is 3.84. The molecule has 0 N–H and O–H groups in total. The summed E-state index contributed by atoms with van der Waals surface area (Å²) in [5.74, 6) is 0.715. The Balaban J connectivity index is 2.12. The van der Waals surface area contributed by atoms with E-state index in [4.69, 9.17) is 9.78 Å². The number of carbonyl (C=O) groups excluding carboxylic acids is 1. The van der Waals surface area contributed by atoms with Gasteiger partial charge in [-0.25, -0.2) is 0 Å². The summed E-state index contributed by atoms with van der Waals surface area (Å²) < 4.78 is 5.06. The number of anilines is 1. The molecule has 0 aliphatic heterocycles. The van der Waals surface area contributed by atoms with Crippen LogP contribution in [0.3, 0.4) is 0 Å². The Bertz CT molecular complexity index is 776. The number of hydrogen-bond acceptors (Lipinski definition) is 5. The number of likely N-dealkylation sites (N-methyl/N-ethyl adjacent to an activating group) is 1. The van der Waals surface area contributed by atoms with E-state index in [9.17, 15) is 4.79 Å². The van der Waals surface area contributed by atoms with Gasteiger partial charge in [0.05, 0.1) is 24.7 Å². The van der Waals surface area contributed by atoms with Crippen molar-refractivity contribution >= 4 is 11.6 Å². The highest BCUT2D eigenvalue weighted by Gasteiger charge is 2.20. The Morgan fingerprint density at radius 1 is 1.32 bits per heavy atom. The van der Waals surface area contributed by atoms with Crippen LogP contribution in [0.2, 0.25) is 0 Å². The van der Waals surface area contributed by atoms with E-state index in [1.165, 1.54) is 0 Å². The number of carbonyl (C=O) groups is 1. The largest absolute Gasteiger partial charge is 0.361 e. The van der Waals surface area contributed by atoms with Crippen LogP contribution in [0.15, 0.2) is 28.8 Å². The molecule has 0 saturated carbocycles. The van der Waals surface area contributed by atoms with Gasteiger partial charge in [0, 0.05) is 24.8 Å². The van der Waals surface area contributed by atoms with Gasteiger partial charge in [0.15, 0.2) is 0 Å². The maximum atomic E-state index is 12.8. The summed E-state index contributed by atoms with van der Waals surface area (Å²) in [5, 5.41) is 12.9. The SMILES string of the molecule is Cc1cc(CN(C)CC(=O)N(CCC#N)c2cccc(C)c2C)no1. The minimum Gasteiger partial charge on any atom is -0.361 e. The van der Waals surface area contributed by atoms with Gasteiger partial charge in [0.1, 0.15) is 5.76 Å². The summed E-state index contributed by atoms with van der Waals surface area (Å²) in [6, 6.07) is 9.87. The zero-order valence-corrected chi connectivity index (χ0v) is 15.2. The van der Waals surface area contributed by atoms with Crippen LogP contribution in [-0.2, 0) is 11.3 Å². The third-order valence-corrected chi connectivity index (χ3v) is 4.13. The molecule has 6 heteroatoms. The maximum absolute atomic E-state index is 12.8. The molecule has 0 fully saturated rings. The molecule has 1 amide bonds. The molecular formula is C19H24N4O2. The number of aryl methyl sites for hydroxylation is 2. The number of rotatable bonds is 7. The normalized spacial score (nSPS) is 10.7. The van der Waals surface area contributed by atoms with Crippen LogP contribution in [0.4, 0.5) is 5.69 Å². The summed E-state index contributed by atoms with van der Waals surface area (Å²) in [6.45, 7) is 7.01. The third-order valence-electron chi connectivity index (χ3n) is 4.13. The minimum absolute atomic E-state index is 0.0355. The lowest BCUT2D eigenvalue weighted by molar-refractivity contribution is -0.119. The van der Waals surface area contributed by atoms with Gasteiger partial charge in [-0.2, -0.15) is 5.26 Å². The molecule has 0 unspecified atom stereocenters. The molecule has 0 aliphatic carbocycles. The van der Waals surface area contributed by atoms with E-state index in [1.54, 1.807) is 4.90 Å². The van der Waals surface area contributed by atoms with Gasteiger partial charge in [-0.1, -0.05) is 17.3 Å². The number of benzene rings is 1. The smallest absolute Gasteiger partial charge is 0.241 e. The van der Waals surface area contributed by atoms with Gasteiger partial charge in [-0.05, 0) is 45.0 Å². The van der Waals surface area contributed by atoms with Gasteiger partial charge >= 0.3 is 0 Å². The molecule has 0 bridgehead atoms. The fourth-order valence-electron chi connectivity index (χ4n) is 2.71. The molecule has 0 atom stereocenters. The van der Waals surface area contributed by atoms with Crippen molar-refractivity contribution in [2.24, 2.45) is 0 Å². The van der Waals surface area contributed by atoms with Crippen LogP contribution in [0.1, 0.15) is 29.0 Å². The van der Waals surface area contributed by atoms with E-state index < -0.39 is 0 Å². The van der Waals surface area contributed by atoms with Gasteiger partial charge in [0.2, 0.25) is 5.91 Å². The van der Waals surface area contributed by atoms with E-state index >= 15 is 0 Å². The second kappa shape index (κ2) is 8.45. The predicted octanol–water partition coefficient (Wildman–Crippen LogP) is 2.98. The zero-order chi connectivity index (χ0) is 18.4. The Hall–Kier alpha value is -2.65. The standard InChI is InChI=1S/C19H24N4O2/c1-14-7-5-8-18(16(14)3)23(10-6-9-20)19(24)13-22(4)12-17-11-15(2)25-21-17/h5,7-8,11H,6,10,12-13H2,1-4H3. The van der Waals surface area contributed by atoms with Crippen molar-refractivity contribution < 1.29 is 9.32 Å². The maximum Gasteiger partial charge on any atom is 0.241 e. The van der Waals surface area contributed by atoms with E-state index in [-0.39, 0.29) is 12.5 Å². The highest BCUT2D eigenvalue weighted by Crippen LogP contribution is 2.23. The molecule has 1 aromatic heterocycles. The average Bonchev–Trinajstić information content (AvgIpc) is 2.96. The third kappa shape index (κ3) is 4.91. The molecule has 0 radical (unpaired) electrons. The summed E-state index contributed by atoms with van der Waals surface area (Å²) in [6.07, 6.45) is 0.297. The molecule has 0 aliphatic rings. The highest BCUT2D eigenvalue weighted by molar-refractivity contribution is 5.95. The molecule has 25 heavy (non-hydrogen) atoms. The molecule has 0 spiro atoms. The van der Waals surface area contributed by atoms with Crippen LogP contribution in [0.5, 0.6) is 0 Å². The Morgan fingerprint density at radius 2 is 2.08 bits per heavy atom. The van der Waals surface area contributed by atoms with Crippen LogP contribution in [0, 0.1) is 32.1 Å². The number of hydrogen-bond donors (Lipinski definition) is 0. The second-order valence-electron chi connectivity index (χ2n) is 6.27. The lowest BCUT2D eigenvalue weighted by Crippen LogP contribution is -2.40. The minimum atomic E-state index is -0.0355. The van der Waals surface area contributed by atoms with Gasteiger partial charge in [-0.15, -0.1) is 0 Å². The summed E-state index contributed by atoms with van der Waals surface area (Å²) in [7, 11) is 1.87. The van der Waals surface area contributed by atoms with Crippen molar-refractivity contribution in [2.75, 3.05) is 25.0 Å². The molecule has 2 aromatic rings. The highest BCUT2D eigenvalue weighted by atomic mass is 16.5. The van der Waals surface area contributed by atoms with Crippen molar-refractivity contribution in [1.82, 2.24) is 10.1 Å². The number of amides is 1. The first-order chi connectivity index (χ1) is 11.9. The second-order valence-corrected chi connectivity index (χ2v) is 6.27. The van der Waals surface area contributed by atoms with Crippen molar-refractivity contribution in [3.63, 3.8) is 0 Å². The Kier molecular flexibility index (Phi) is 6.31. The fourth-order valence-corrected chi connectivity index (χ4v) is 2.71. The van der Waals surface area contributed by atoms with Crippen molar-refractivity contribution in [3.8, 4) is 6.07 Å². The average molecular weight is 340 g/mol. The van der Waals surface area contributed by atoms with Crippen LogP contribution in [0.25, 0.3) is 0 Å². The Morgan fingerprint density at radius 3 is 2.72 bits per heavy atom. The Labute approximate surface area is 148 Å². The van der Waals surface area contributed by atoms with Crippen LogP contribution < -0.4 is 4.90 Å². The lowest BCUT2D eigenvalue weighted by atomic mass is 10.1. The summed E-state index contributed by atoms with van der Waals surface area (Å²) in [4.78, 5) is 16.4. The van der Waals surface area contributed by atoms with Crippen molar-refractivity contribution in [3.05, 3.63) is 46.8 Å². The molecule has 2 rings (SSSR count). The number of aromatic nitrogens is 1. The summed E-state index contributed by atoms with van der Waals surface area (Å²) >= 11 is 0. The molecular weight excluding hydrogens is 316 g/mol. The van der Waals surface area contributed by atoms with Gasteiger partial charge < -0.3 is 9.42 Å². The first-order valence-corrected chi connectivity index (χ1v) is 8.26. The van der Waals surface area contributed by atoms with E-state index in [0.717, 1.165) is 28.3 Å². The molecule has 132 valence electrons.